The van der Waals surface area contributed by atoms with Crippen LogP contribution >= 0.6 is 0 Å². The van der Waals surface area contributed by atoms with Gasteiger partial charge in [0.25, 0.3) is 17.3 Å². The van der Waals surface area contributed by atoms with Crippen LogP contribution in [0.1, 0.15) is 10.4 Å². The lowest BCUT2D eigenvalue weighted by atomic mass is 10.1. The zero-order valence-electron chi connectivity index (χ0n) is 14.8. The molecular weight excluding hydrogens is 354 g/mol. The van der Waals surface area contributed by atoms with E-state index in [1.165, 1.54) is 30.3 Å². The first-order chi connectivity index (χ1) is 12.8. The number of carbonyl (C=O) groups excluding carboxylic acids is 1. The van der Waals surface area contributed by atoms with Crippen molar-refractivity contribution >= 4 is 28.7 Å². The van der Waals surface area contributed by atoms with Crippen LogP contribution in [0.15, 0.2) is 42.5 Å². The Morgan fingerprint density at radius 1 is 0.963 bits per heavy atom. The van der Waals surface area contributed by atoms with E-state index in [0.29, 0.717) is 17.9 Å². The van der Waals surface area contributed by atoms with Crippen molar-refractivity contribution in [2.24, 2.45) is 0 Å². The van der Waals surface area contributed by atoms with Crippen LogP contribution in [0.2, 0.25) is 0 Å². The maximum Gasteiger partial charge on any atom is 0.270 e. The fraction of sp³-hybridized carbons (Fsp3) is 0.235. The predicted octanol–water partition coefficient (Wildman–Crippen LogP) is 2.41. The molecule has 0 aromatic heterocycles. The summed E-state index contributed by atoms with van der Waals surface area (Å²) in [6.07, 6.45) is 0. The van der Waals surface area contributed by atoms with Gasteiger partial charge in [-0.1, -0.05) is 0 Å². The largest absolute Gasteiger partial charge is 0.383 e. The van der Waals surface area contributed by atoms with Gasteiger partial charge in [-0.25, -0.2) is 0 Å². The van der Waals surface area contributed by atoms with Crippen LogP contribution in [-0.4, -0.2) is 42.9 Å². The van der Waals surface area contributed by atoms with E-state index in [9.17, 15) is 25.0 Å². The van der Waals surface area contributed by atoms with Gasteiger partial charge in [0.2, 0.25) is 0 Å². The van der Waals surface area contributed by atoms with E-state index in [0.717, 1.165) is 0 Å². The van der Waals surface area contributed by atoms with Crippen molar-refractivity contribution in [2.45, 2.75) is 0 Å². The van der Waals surface area contributed by atoms with Crippen molar-refractivity contribution < 1.29 is 14.6 Å². The summed E-state index contributed by atoms with van der Waals surface area (Å²) in [5, 5.41) is 27.3. The number of hydrogen-bond donors (Lipinski definition) is 2. The number of benzene rings is 2. The van der Waals surface area contributed by atoms with Crippen LogP contribution in [0, 0.1) is 20.2 Å². The summed E-state index contributed by atoms with van der Waals surface area (Å²) in [5.74, 6) is -0.423. The second-order valence-corrected chi connectivity index (χ2v) is 5.84. The zero-order valence-corrected chi connectivity index (χ0v) is 14.8. The normalized spacial score (nSPS) is 10.1. The molecule has 10 heteroatoms. The minimum absolute atomic E-state index is 0.00394. The Morgan fingerprint density at radius 3 is 2.11 bits per heavy atom. The zero-order chi connectivity index (χ0) is 20.0. The number of amides is 1. The predicted molar refractivity (Wildman–Crippen MR) is 101 cm³/mol. The first-order valence-electron chi connectivity index (χ1n) is 8.02. The van der Waals surface area contributed by atoms with Crippen molar-refractivity contribution in [1.82, 2.24) is 5.32 Å². The summed E-state index contributed by atoms with van der Waals surface area (Å²) in [6.45, 7) is 0.654. The molecule has 1 amide bonds. The van der Waals surface area contributed by atoms with Crippen LogP contribution < -0.4 is 15.5 Å². The topological polar surface area (TPSA) is 131 Å². The molecule has 2 aromatic rings. The maximum atomic E-state index is 12.4. The minimum atomic E-state index is -0.549. The van der Waals surface area contributed by atoms with E-state index in [4.69, 9.17) is 0 Å². The number of non-ortho nitro benzene ring substituents is 2. The molecule has 0 spiro atoms. The average Bonchev–Trinajstić information content (AvgIpc) is 2.64. The molecule has 0 bridgehead atoms. The van der Waals surface area contributed by atoms with Crippen molar-refractivity contribution in [3.05, 3.63) is 68.3 Å². The van der Waals surface area contributed by atoms with Crippen LogP contribution in [0.3, 0.4) is 0 Å². The number of nitrogens with one attached hydrogen (secondary N) is 2. The van der Waals surface area contributed by atoms with E-state index in [1.807, 2.05) is 0 Å². The molecule has 0 aliphatic heterocycles. The van der Waals surface area contributed by atoms with Gasteiger partial charge in [-0.3, -0.25) is 25.0 Å². The molecule has 0 heterocycles. The highest BCUT2D eigenvalue weighted by Gasteiger charge is 2.17. The van der Waals surface area contributed by atoms with Gasteiger partial charge in [0, 0.05) is 62.8 Å². The van der Waals surface area contributed by atoms with Crippen LogP contribution in [-0.2, 0) is 0 Å². The summed E-state index contributed by atoms with van der Waals surface area (Å²) in [4.78, 5) is 34.6. The average molecular weight is 373 g/mol. The third kappa shape index (κ3) is 5.14. The number of anilines is 2. The number of nitro groups is 2. The van der Waals surface area contributed by atoms with E-state index in [-0.39, 0.29) is 23.5 Å². The van der Waals surface area contributed by atoms with Gasteiger partial charge < -0.3 is 15.5 Å². The van der Waals surface area contributed by atoms with Crippen molar-refractivity contribution in [3.8, 4) is 0 Å². The summed E-state index contributed by atoms with van der Waals surface area (Å²) in [7, 11) is 3.49. The van der Waals surface area contributed by atoms with E-state index in [1.54, 1.807) is 31.1 Å². The van der Waals surface area contributed by atoms with Gasteiger partial charge in [0.05, 0.1) is 15.4 Å². The van der Waals surface area contributed by atoms with Gasteiger partial charge in [-0.15, -0.1) is 0 Å². The molecule has 0 aliphatic rings. The van der Waals surface area contributed by atoms with Crippen molar-refractivity contribution in [2.75, 3.05) is 37.4 Å². The molecule has 0 saturated carbocycles. The van der Waals surface area contributed by atoms with Gasteiger partial charge in [0.15, 0.2) is 0 Å². The minimum Gasteiger partial charge on any atom is -0.383 e. The SMILES string of the molecule is CN(C)c1ccc([N+](=O)[O-])cc1C(=O)NCCNc1ccc([N+](=O)[O-])cc1. The number of carbonyl (C=O) groups is 1. The van der Waals surface area contributed by atoms with Crippen molar-refractivity contribution in [1.29, 1.82) is 0 Å². The highest BCUT2D eigenvalue weighted by Crippen LogP contribution is 2.24. The Kier molecular flexibility index (Phi) is 6.26. The fourth-order valence-electron chi connectivity index (χ4n) is 2.39. The number of hydrogen-bond acceptors (Lipinski definition) is 7. The lowest BCUT2D eigenvalue weighted by Crippen LogP contribution is -2.30. The lowest BCUT2D eigenvalue weighted by molar-refractivity contribution is -0.385. The van der Waals surface area contributed by atoms with E-state index in [2.05, 4.69) is 10.6 Å². The molecule has 27 heavy (non-hydrogen) atoms. The van der Waals surface area contributed by atoms with Gasteiger partial charge in [-0.2, -0.15) is 0 Å². The monoisotopic (exact) mass is 373 g/mol. The summed E-state index contributed by atoms with van der Waals surface area (Å²) >= 11 is 0. The highest BCUT2D eigenvalue weighted by atomic mass is 16.6. The van der Waals surface area contributed by atoms with E-state index >= 15 is 0 Å². The van der Waals surface area contributed by atoms with Crippen LogP contribution in [0.25, 0.3) is 0 Å². The Hall–Kier alpha value is -3.69. The fourth-order valence-corrected chi connectivity index (χ4v) is 2.39. The van der Waals surface area contributed by atoms with Gasteiger partial charge in [-0.05, 0) is 18.2 Å². The highest BCUT2D eigenvalue weighted by molar-refractivity contribution is 6.00. The molecular formula is C17H19N5O5. The molecule has 142 valence electrons. The molecule has 0 saturated heterocycles. The third-order valence-electron chi connectivity index (χ3n) is 3.74. The summed E-state index contributed by atoms with van der Waals surface area (Å²) < 4.78 is 0. The third-order valence-corrected chi connectivity index (χ3v) is 3.74. The Morgan fingerprint density at radius 2 is 1.56 bits per heavy atom. The van der Waals surface area contributed by atoms with Crippen molar-refractivity contribution in [3.63, 3.8) is 0 Å². The second kappa shape index (κ2) is 8.61. The lowest BCUT2D eigenvalue weighted by Gasteiger charge is -2.17. The molecule has 0 fully saturated rings. The summed E-state index contributed by atoms with van der Waals surface area (Å²) in [5.41, 5.74) is 1.30. The van der Waals surface area contributed by atoms with Crippen LogP contribution in [0.4, 0.5) is 22.7 Å². The number of nitro benzene ring substituents is 2. The summed E-state index contributed by atoms with van der Waals surface area (Å²) in [6, 6.07) is 10.0. The van der Waals surface area contributed by atoms with Gasteiger partial charge >= 0.3 is 0 Å². The molecule has 10 nitrogen and oxygen atoms in total. The number of nitrogens with zero attached hydrogens (tertiary/aromatic N) is 3. The number of rotatable bonds is 8. The quantitative estimate of drug-likeness (QED) is 0.413. The first-order valence-corrected chi connectivity index (χ1v) is 8.02. The first kappa shape index (κ1) is 19.6. The second-order valence-electron chi connectivity index (χ2n) is 5.84. The molecule has 2 rings (SSSR count). The molecule has 2 aromatic carbocycles. The molecule has 2 N–H and O–H groups in total. The van der Waals surface area contributed by atoms with Crippen LogP contribution in [0.5, 0.6) is 0 Å². The molecule has 0 aliphatic carbocycles. The Labute approximate surface area is 155 Å². The molecule has 0 radical (unpaired) electrons. The van der Waals surface area contributed by atoms with Gasteiger partial charge in [0.1, 0.15) is 0 Å². The smallest absolute Gasteiger partial charge is 0.270 e. The Balaban J connectivity index is 1.96. The molecule has 0 unspecified atom stereocenters. The molecule has 0 atom stereocenters. The maximum absolute atomic E-state index is 12.4. The standard InChI is InChI=1S/C17H19N5O5/c1-20(2)16-8-7-14(22(26)27)11-15(16)17(23)19-10-9-18-12-3-5-13(6-4-12)21(24)25/h3-8,11,18H,9-10H2,1-2H3,(H,19,23). The van der Waals surface area contributed by atoms with E-state index < -0.39 is 15.8 Å². The Bertz CT molecular complexity index is 851.